The molecule has 2 rings (SSSR count). The molecule has 0 radical (unpaired) electrons. The largest absolute Gasteiger partial charge is 0.347 e. The Hall–Kier alpha value is -1.57. The van der Waals surface area contributed by atoms with Crippen LogP contribution in [-0.4, -0.2) is 10.9 Å². The van der Waals surface area contributed by atoms with E-state index in [2.05, 4.69) is 30.7 Å². The number of hydrogen-bond donors (Lipinski definition) is 0. The minimum absolute atomic E-state index is 0.748. The van der Waals surface area contributed by atoms with Gasteiger partial charge in [0.15, 0.2) is 0 Å². The summed E-state index contributed by atoms with van der Waals surface area (Å²) in [5.41, 5.74) is 1.97. The van der Waals surface area contributed by atoms with Gasteiger partial charge in [-0.2, -0.15) is 0 Å². The van der Waals surface area contributed by atoms with Gasteiger partial charge in [0.05, 0.1) is 0 Å². The van der Waals surface area contributed by atoms with Gasteiger partial charge in [0.2, 0.25) is 0 Å². The lowest BCUT2D eigenvalue weighted by Gasteiger charge is -2.07. The molecule has 2 aromatic rings. The monoisotopic (exact) mass is 229 g/mol. The number of benzene rings is 1. The molecule has 1 aromatic carbocycles. The topological polar surface area (TPSA) is 22.0 Å². The Morgan fingerprint density at radius 3 is 2.82 bits per heavy atom. The van der Waals surface area contributed by atoms with Crippen molar-refractivity contribution in [3.05, 3.63) is 36.0 Å². The molecule has 0 aliphatic rings. The second-order valence-electron chi connectivity index (χ2n) is 4.98. The zero-order chi connectivity index (χ0) is 12.3. The SMILES string of the molecule is CC(C)CCCn1ccc2cc(C=O)ccc21. The van der Waals surface area contributed by atoms with Crippen LogP contribution in [0, 0.1) is 5.92 Å². The molecule has 0 spiro atoms. The molecule has 1 aromatic heterocycles. The molecule has 0 N–H and O–H groups in total. The van der Waals surface area contributed by atoms with Gasteiger partial charge >= 0.3 is 0 Å². The van der Waals surface area contributed by atoms with Crippen molar-refractivity contribution in [3.63, 3.8) is 0 Å². The van der Waals surface area contributed by atoms with E-state index in [1.165, 1.54) is 18.4 Å². The van der Waals surface area contributed by atoms with Gasteiger partial charge in [0, 0.05) is 29.2 Å². The number of carbonyl (C=O) groups is 1. The Morgan fingerprint density at radius 1 is 1.29 bits per heavy atom. The maximum absolute atomic E-state index is 10.7. The smallest absolute Gasteiger partial charge is 0.150 e. The third kappa shape index (κ3) is 2.76. The minimum Gasteiger partial charge on any atom is -0.347 e. The zero-order valence-electron chi connectivity index (χ0n) is 10.5. The molecule has 0 aliphatic carbocycles. The average Bonchev–Trinajstić information content (AvgIpc) is 2.71. The first-order chi connectivity index (χ1) is 8.20. The van der Waals surface area contributed by atoms with Gasteiger partial charge in [0.25, 0.3) is 0 Å². The lowest BCUT2D eigenvalue weighted by molar-refractivity contribution is 0.112. The van der Waals surface area contributed by atoms with E-state index in [0.717, 1.165) is 29.7 Å². The van der Waals surface area contributed by atoms with Gasteiger partial charge < -0.3 is 4.57 Å². The third-order valence-corrected chi connectivity index (χ3v) is 3.11. The van der Waals surface area contributed by atoms with Crippen molar-refractivity contribution in [2.75, 3.05) is 0 Å². The molecule has 90 valence electrons. The predicted molar refractivity (Wildman–Crippen MR) is 71.4 cm³/mol. The summed E-state index contributed by atoms with van der Waals surface area (Å²) in [5, 5.41) is 1.15. The molecule has 2 nitrogen and oxygen atoms in total. The normalized spacial score (nSPS) is 11.2. The molecular weight excluding hydrogens is 210 g/mol. The second-order valence-corrected chi connectivity index (χ2v) is 4.98. The first kappa shape index (κ1) is 11.9. The summed E-state index contributed by atoms with van der Waals surface area (Å²) < 4.78 is 2.27. The van der Waals surface area contributed by atoms with E-state index in [-0.39, 0.29) is 0 Å². The summed E-state index contributed by atoms with van der Waals surface area (Å²) in [6.07, 6.45) is 5.47. The molecule has 0 amide bonds. The minimum atomic E-state index is 0.748. The number of nitrogens with zero attached hydrogens (tertiary/aromatic N) is 1. The van der Waals surface area contributed by atoms with Crippen LogP contribution >= 0.6 is 0 Å². The van der Waals surface area contributed by atoms with Gasteiger partial charge in [-0.25, -0.2) is 0 Å². The molecule has 0 saturated carbocycles. The van der Waals surface area contributed by atoms with Gasteiger partial charge in [-0.05, 0) is 43.0 Å². The van der Waals surface area contributed by atoms with E-state index in [4.69, 9.17) is 0 Å². The Labute approximate surface area is 102 Å². The highest BCUT2D eigenvalue weighted by Gasteiger charge is 2.02. The van der Waals surface area contributed by atoms with Crippen LogP contribution in [0.15, 0.2) is 30.5 Å². The molecule has 0 aliphatic heterocycles. The first-order valence-corrected chi connectivity index (χ1v) is 6.25. The number of aldehydes is 1. The Bertz CT molecular complexity index is 511. The standard InChI is InChI=1S/C15H19NO/c1-12(2)4-3-8-16-9-7-14-10-13(11-17)5-6-15(14)16/h5-7,9-12H,3-4,8H2,1-2H3. The summed E-state index contributed by atoms with van der Waals surface area (Å²) in [6.45, 7) is 5.57. The summed E-state index contributed by atoms with van der Waals surface area (Å²) in [4.78, 5) is 10.7. The first-order valence-electron chi connectivity index (χ1n) is 6.25. The van der Waals surface area contributed by atoms with Crippen LogP contribution in [0.3, 0.4) is 0 Å². The van der Waals surface area contributed by atoms with Crippen molar-refractivity contribution >= 4 is 17.2 Å². The number of carbonyl (C=O) groups excluding carboxylic acids is 1. The highest BCUT2D eigenvalue weighted by Crippen LogP contribution is 2.18. The number of fused-ring (bicyclic) bond motifs is 1. The molecule has 0 unspecified atom stereocenters. The summed E-state index contributed by atoms with van der Waals surface area (Å²) in [5.74, 6) is 0.762. The van der Waals surface area contributed by atoms with E-state index in [9.17, 15) is 4.79 Å². The predicted octanol–water partition coefficient (Wildman–Crippen LogP) is 3.89. The molecule has 2 heteroatoms. The fourth-order valence-corrected chi connectivity index (χ4v) is 2.16. The average molecular weight is 229 g/mol. The lowest BCUT2D eigenvalue weighted by Crippen LogP contribution is -1.98. The van der Waals surface area contributed by atoms with Crippen LogP contribution in [0.25, 0.3) is 10.9 Å². The Kier molecular flexibility index (Phi) is 3.62. The van der Waals surface area contributed by atoms with Gasteiger partial charge in [0.1, 0.15) is 6.29 Å². The summed E-state index contributed by atoms with van der Waals surface area (Å²) in [6, 6.07) is 7.95. The fraction of sp³-hybridized carbons (Fsp3) is 0.400. The van der Waals surface area contributed by atoms with Crippen LogP contribution < -0.4 is 0 Å². The van der Waals surface area contributed by atoms with Gasteiger partial charge in [-0.1, -0.05) is 13.8 Å². The maximum atomic E-state index is 10.7. The van der Waals surface area contributed by atoms with Crippen LogP contribution in [-0.2, 0) is 6.54 Å². The van der Waals surface area contributed by atoms with Crippen molar-refractivity contribution in [3.8, 4) is 0 Å². The van der Waals surface area contributed by atoms with Crippen molar-refractivity contribution in [1.82, 2.24) is 4.57 Å². The van der Waals surface area contributed by atoms with Crippen molar-refractivity contribution in [1.29, 1.82) is 0 Å². The summed E-state index contributed by atoms with van der Waals surface area (Å²) >= 11 is 0. The highest BCUT2D eigenvalue weighted by atomic mass is 16.1. The molecule has 0 atom stereocenters. The third-order valence-electron chi connectivity index (χ3n) is 3.11. The van der Waals surface area contributed by atoms with Crippen LogP contribution in [0.1, 0.15) is 37.0 Å². The van der Waals surface area contributed by atoms with Crippen molar-refractivity contribution < 1.29 is 4.79 Å². The van der Waals surface area contributed by atoms with Crippen molar-refractivity contribution in [2.24, 2.45) is 5.92 Å². The van der Waals surface area contributed by atoms with Gasteiger partial charge in [-0.3, -0.25) is 4.79 Å². The molecule has 0 bridgehead atoms. The number of aryl methyl sites for hydroxylation is 1. The van der Waals surface area contributed by atoms with Crippen LogP contribution in [0.5, 0.6) is 0 Å². The lowest BCUT2D eigenvalue weighted by atomic mass is 10.1. The quantitative estimate of drug-likeness (QED) is 0.713. The highest BCUT2D eigenvalue weighted by molar-refractivity contribution is 5.87. The number of aromatic nitrogens is 1. The Balaban J connectivity index is 2.16. The van der Waals surface area contributed by atoms with Crippen LogP contribution in [0.2, 0.25) is 0 Å². The molecule has 1 heterocycles. The number of hydrogen-bond acceptors (Lipinski definition) is 1. The van der Waals surface area contributed by atoms with E-state index < -0.39 is 0 Å². The molecule has 17 heavy (non-hydrogen) atoms. The maximum Gasteiger partial charge on any atom is 0.150 e. The molecule has 0 saturated heterocycles. The van der Waals surface area contributed by atoms with E-state index in [1.807, 2.05) is 18.2 Å². The second kappa shape index (κ2) is 5.17. The fourth-order valence-electron chi connectivity index (χ4n) is 2.16. The van der Waals surface area contributed by atoms with Crippen LogP contribution in [0.4, 0.5) is 0 Å². The Morgan fingerprint density at radius 2 is 2.12 bits per heavy atom. The van der Waals surface area contributed by atoms with Gasteiger partial charge in [-0.15, -0.1) is 0 Å². The number of rotatable bonds is 5. The van der Waals surface area contributed by atoms with E-state index >= 15 is 0 Å². The summed E-state index contributed by atoms with van der Waals surface area (Å²) in [7, 11) is 0. The van der Waals surface area contributed by atoms with E-state index in [0.29, 0.717) is 0 Å². The van der Waals surface area contributed by atoms with Crippen molar-refractivity contribution in [2.45, 2.75) is 33.2 Å². The molecular formula is C15H19NO. The zero-order valence-corrected chi connectivity index (χ0v) is 10.5. The van der Waals surface area contributed by atoms with E-state index in [1.54, 1.807) is 0 Å². The molecule has 0 fully saturated rings.